The van der Waals surface area contributed by atoms with Gasteiger partial charge in [0.1, 0.15) is 5.75 Å². The maximum absolute atomic E-state index is 12.4. The number of halogens is 1. The fraction of sp³-hybridized carbons (Fsp3) is 0.391. The van der Waals surface area contributed by atoms with Crippen molar-refractivity contribution in [1.82, 2.24) is 10.2 Å². The Labute approximate surface area is 177 Å². The molecule has 0 radical (unpaired) electrons. The molecule has 0 aromatic heterocycles. The first-order valence-corrected chi connectivity index (χ1v) is 10.4. The fourth-order valence-electron chi connectivity index (χ4n) is 3.49. The highest BCUT2D eigenvalue weighted by molar-refractivity contribution is 6.32. The van der Waals surface area contributed by atoms with Crippen LogP contribution in [0.4, 0.5) is 0 Å². The summed E-state index contributed by atoms with van der Waals surface area (Å²) >= 11 is 6.05. The Hall–Kier alpha value is -2.53. The van der Waals surface area contributed by atoms with Gasteiger partial charge in [0, 0.05) is 31.1 Å². The molecular formula is C23H27ClN2O3. The van der Waals surface area contributed by atoms with E-state index < -0.39 is 0 Å². The van der Waals surface area contributed by atoms with Crippen LogP contribution in [0.25, 0.3) is 0 Å². The number of hydrogen-bond donors (Lipinski definition) is 1. The Morgan fingerprint density at radius 2 is 1.79 bits per heavy atom. The fourth-order valence-corrected chi connectivity index (χ4v) is 3.68. The van der Waals surface area contributed by atoms with Crippen molar-refractivity contribution >= 4 is 23.4 Å². The van der Waals surface area contributed by atoms with Crippen molar-refractivity contribution in [2.45, 2.75) is 38.6 Å². The first-order valence-electron chi connectivity index (χ1n) is 10.1. The number of hydrogen-bond acceptors (Lipinski definition) is 3. The van der Waals surface area contributed by atoms with Crippen LogP contribution in [0.3, 0.4) is 0 Å². The van der Waals surface area contributed by atoms with E-state index in [0.717, 1.165) is 18.4 Å². The van der Waals surface area contributed by atoms with E-state index in [4.69, 9.17) is 16.3 Å². The predicted molar refractivity (Wildman–Crippen MR) is 114 cm³/mol. The molecule has 2 amide bonds. The molecule has 0 saturated carbocycles. The van der Waals surface area contributed by atoms with Gasteiger partial charge in [-0.2, -0.15) is 0 Å². The number of para-hydroxylation sites is 1. The van der Waals surface area contributed by atoms with Gasteiger partial charge in [-0.15, -0.1) is 0 Å². The molecule has 0 bridgehead atoms. The van der Waals surface area contributed by atoms with Crippen LogP contribution in [-0.2, 0) is 4.79 Å². The summed E-state index contributed by atoms with van der Waals surface area (Å²) in [6, 6.07) is 15.0. The topological polar surface area (TPSA) is 58.6 Å². The van der Waals surface area contributed by atoms with E-state index >= 15 is 0 Å². The summed E-state index contributed by atoms with van der Waals surface area (Å²) in [5.74, 6) is 0.743. The number of amides is 2. The SMILES string of the molecule is Cc1ccccc1C(=O)NC1CCN(C(=O)CCCOc2ccccc2Cl)CC1. The molecule has 154 valence electrons. The number of nitrogens with one attached hydrogen (secondary N) is 1. The van der Waals surface area contributed by atoms with E-state index in [9.17, 15) is 9.59 Å². The standard InChI is InChI=1S/C23H27ClN2O3/c1-17-7-2-3-8-19(17)23(28)25-18-12-14-26(15-13-18)22(27)11-6-16-29-21-10-5-4-9-20(21)24/h2-5,7-10,18H,6,11-16H2,1H3,(H,25,28). The number of carbonyl (C=O) groups excluding carboxylic acids is 2. The van der Waals surface area contributed by atoms with Crippen molar-refractivity contribution in [3.8, 4) is 5.75 Å². The van der Waals surface area contributed by atoms with Crippen molar-refractivity contribution < 1.29 is 14.3 Å². The Bertz CT molecular complexity index is 848. The molecule has 6 heteroatoms. The maximum Gasteiger partial charge on any atom is 0.251 e. The van der Waals surface area contributed by atoms with Crippen LogP contribution >= 0.6 is 11.6 Å². The first kappa shape index (κ1) is 21.2. The molecule has 0 unspecified atom stereocenters. The van der Waals surface area contributed by atoms with Gasteiger partial charge in [-0.25, -0.2) is 0 Å². The van der Waals surface area contributed by atoms with Gasteiger partial charge in [0.25, 0.3) is 5.91 Å². The number of likely N-dealkylation sites (tertiary alicyclic amines) is 1. The van der Waals surface area contributed by atoms with Gasteiger partial charge in [0.2, 0.25) is 5.91 Å². The molecule has 1 N–H and O–H groups in total. The molecule has 1 heterocycles. The zero-order chi connectivity index (χ0) is 20.6. The van der Waals surface area contributed by atoms with E-state index in [-0.39, 0.29) is 17.9 Å². The summed E-state index contributed by atoms with van der Waals surface area (Å²) in [5, 5.41) is 3.68. The summed E-state index contributed by atoms with van der Waals surface area (Å²) in [7, 11) is 0. The Morgan fingerprint density at radius 1 is 1.10 bits per heavy atom. The molecular weight excluding hydrogens is 388 g/mol. The lowest BCUT2D eigenvalue weighted by Crippen LogP contribution is -2.46. The van der Waals surface area contributed by atoms with Crippen molar-refractivity contribution in [2.24, 2.45) is 0 Å². The highest BCUT2D eigenvalue weighted by Gasteiger charge is 2.24. The second-order valence-electron chi connectivity index (χ2n) is 7.33. The number of rotatable bonds is 7. The average molecular weight is 415 g/mol. The van der Waals surface area contributed by atoms with E-state index in [0.29, 0.717) is 48.9 Å². The third-order valence-electron chi connectivity index (χ3n) is 5.20. The Kier molecular flexibility index (Phi) is 7.53. The smallest absolute Gasteiger partial charge is 0.251 e. The molecule has 0 spiro atoms. The number of nitrogens with zero attached hydrogens (tertiary/aromatic N) is 1. The third kappa shape index (κ3) is 5.97. The van der Waals surface area contributed by atoms with Crippen LogP contribution < -0.4 is 10.1 Å². The minimum atomic E-state index is -0.0374. The Balaban J connectivity index is 1.36. The second-order valence-corrected chi connectivity index (χ2v) is 7.73. The quantitative estimate of drug-likeness (QED) is 0.690. The van der Waals surface area contributed by atoms with E-state index in [1.54, 1.807) is 6.07 Å². The summed E-state index contributed by atoms with van der Waals surface area (Å²) in [5.41, 5.74) is 1.68. The van der Waals surface area contributed by atoms with Gasteiger partial charge in [-0.1, -0.05) is 41.9 Å². The molecule has 3 rings (SSSR count). The molecule has 1 saturated heterocycles. The summed E-state index contributed by atoms with van der Waals surface area (Å²) in [6.07, 6.45) is 2.65. The number of ether oxygens (including phenoxy) is 1. The monoisotopic (exact) mass is 414 g/mol. The van der Waals surface area contributed by atoms with Crippen molar-refractivity contribution in [3.05, 3.63) is 64.7 Å². The lowest BCUT2D eigenvalue weighted by Gasteiger charge is -2.32. The third-order valence-corrected chi connectivity index (χ3v) is 5.51. The van der Waals surface area contributed by atoms with Crippen LogP contribution in [0.15, 0.2) is 48.5 Å². The predicted octanol–water partition coefficient (Wildman–Crippen LogP) is 4.23. The minimum absolute atomic E-state index is 0.0374. The molecule has 1 fully saturated rings. The summed E-state index contributed by atoms with van der Waals surface area (Å²) < 4.78 is 5.64. The van der Waals surface area contributed by atoms with Crippen molar-refractivity contribution in [2.75, 3.05) is 19.7 Å². The molecule has 2 aromatic rings. The highest BCUT2D eigenvalue weighted by Crippen LogP contribution is 2.23. The van der Waals surface area contributed by atoms with Gasteiger partial charge >= 0.3 is 0 Å². The minimum Gasteiger partial charge on any atom is -0.492 e. The zero-order valence-electron chi connectivity index (χ0n) is 16.7. The summed E-state index contributed by atoms with van der Waals surface area (Å²) in [6.45, 7) is 3.73. The van der Waals surface area contributed by atoms with Gasteiger partial charge in [-0.3, -0.25) is 9.59 Å². The molecule has 0 aliphatic carbocycles. The molecule has 5 nitrogen and oxygen atoms in total. The van der Waals surface area contributed by atoms with Crippen molar-refractivity contribution in [1.29, 1.82) is 0 Å². The van der Waals surface area contributed by atoms with Crippen LogP contribution in [0.2, 0.25) is 5.02 Å². The lowest BCUT2D eigenvalue weighted by atomic mass is 10.0. The normalized spacial score (nSPS) is 14.5. The van der Waals surface area contributed by atoms with Crippen LogP contribution in [-0.4, -0.2) is 42.5 Å². The Morgan fingerprint density at radius 3 is 2.52 bits per heavy atom. The van der Waals surface area contributed by atoms with Gasteiger partial charge in [0.05, 0.1) is 11.6 Å². The second kappa shape index (κ2) is 10.3. The zero-order valence-corrected chi connectivity index (χ0v) is 17.5. The maximum atomic E-state index is 12.4. The molecule has 0 atom stereocenters. The van der Waals surface area contributed by atoms with Crippen molar-refractivity contribution in [3.63, 3.8) is 0 Å². The van der Waals surface area contributed by atoms with Gasteiger partial charge in [-0.05, 0) is 49.9 Å². The van der Waals surface area contributed by atoms with Crippen LogP contribution in [0.1, 0.15) is 41.6 Å². The van der Waals surface area contributed by atoms with Crippen LogP contribution in [0, 0.1) is 6.92 Å². The van der Waals surface area contributed by atoms with E-state index in [1.807, 2.05) is 54.3 Å². The number of carbonyl (C=O) groups is 2. The average Bonchev–Trinajstić information content (AvgIpc) is 2.73. The number of piperidine rings is 1. The largest absolute Gasteiger partial charge is 0.492 e. The van der Waals surface area contributed by atoms with E-state index in [2.05, 4.69) is 5.32 Å². The first-order chi connectivity index (χ1) is 14.0. The van der Waals surface area contributed by atoms with E-state index in [1.165, 1.54) is 0 Å². The number of benzene rings is 2. The number of aryl methyl sites for hydroxylation is 1. The lowest BCUT2D eigenvalue weighted by molar-refractivity contribution is -0.132. The van der Waals surface area contributed by atoms with Crippen LogP contribution in [0.5, 0.6) is 5.75 Å². The molecule has 1 aliphatic heterocycles. The molecule has 1 aliphatic rings. The van der Waals surface area contributed by atoms with Gasteiger partial charge in [0.15, 0.2) is 0 Å². The molecule has 2 aromatic carbocycles. The highest BCUT2D eigenvalue weighted by atomic mass is 35.5. The molecule has 29 heavy (non-hydrogen) atoms. The summed E-state index contributed by atoms with van der Waals surface area (Å²) in [4.78, 5) is 26.8. The van der Waals surface area contributed by atoms with Gasteiger partial charge < -0.3 is 15.0 Å².